The first-order valence-corrected chi connectivity index (χ1v) is 12.7. The van der Waals surface area contributed by atoms with E-state index in [9.17, 15) is 14.0 Å². The maximum Gasteiger partial charge on any atom is 0.338 e. The maximum absolute atomic E-state index is 13.7. The SMILES string of the molecule is CCOC(=O)C1=C(C)N=c2s/c(=C/c3cc(Br)ccc3OC(C)C)c(=O)n2[C@@H]1c1ccc(F)cc1. The fraction of sp³-hybridized carbons (Fsp3) is 0.269. The Morgan fingerprint density at radius 1 is 1.26 bits per heavy atom. The summed E-state index contributed by atoms with van der Waals surface area (Å²) in [5.74, 6) is -0.323. The van der Waals surface area contributed by atoms with Crippen LogP contribution in [0.4, 0.5) is 4.39 Å². The molecule has 0 radical (unpaired) electrons. The van der Waals surface area contributed by atoms with Crippen LogP contribution in [-0.2, 0) is 9.53 Å². The number of allylic oxidation sites excluding steroid dienone is 1. The number of aromatic nitrogens is 1. The van der Waals surface area contributed by atoms with Crippen molar-refractivity contribution in [1.82, 2.24) is 4.57 Å². The lowest BCUT2D eigenvalue weighted by Gasteiger charge is -2.24. The summed E-state index contributed by atoms with van der Waals surface area (Å²) in [4.78, 5) is 31.6. The predicted octanol–water partition coefficient (Wildman–Crippen LogP) is 4.49. The first-order chi connectivity index (χ1) is 16.7. The van der Waals surface area contributed by atoms with E-state index in [-0.39, 0.29) is 23.8 Å². The molecule has 1 aliphatic rings. The minimum absolute atomic E-state index is 0.0437. The fourth-order valence-corrected chi connectivity index (χ4v) is 5.30. The summed E-state index contributed by atoms with van der Waals surface area (Å²) in [6.45, 7) is 7.47. The zero-order valence-electron chi connectivity index (χ0n) is 19.7. The number of thiazole rings is 1. The van der Waals surface area contributed by atoms with Crippen molar-refractivity contribution in [3.63, 3.8) is 0 Å². The molecule has 2 aromatic carbocycles. The van der Waals surface area contributed by atoms with Gasteiger partial charge in [0.05, 0.1) is 34.6 Å². The van der Waals surface area contributed by atoms with Gasteiger partial charge in [0.1, 0.15) is 11.6 Å². The van der Waals surface area contributed by atoms with Gasteiger partial charge in [-0.2, -0.15) is 0 Å². The average molecular weight is 559 g/mol. The highest BCUT2D eigenvalue weighted by molar-refractivity contribution is 9.10. The molecule has 0 unspecified atom stereocenters. The first-order valence-electron chi connectivity index (χ1n) is 11.1. The number of hydrogen-bond donors (Lipinski definition) is 0. The Bertz CT molecular complexity index is 1490. The number of rotatable bonds is 6. The summed E-state index contributed by atoms with van der Waals surface area (Å²) in [6, 6.07) is 10.6. The third-order valence-electron chi connectivity index (χ3n) is 5.32. The van der Waals surface area contributed by atoms with E-state index in [2.05, 4.69) is 20.9 Å². The van der Waals surface area contributed by atoms with Crippen LogP contribution in [0.1, 0.15) is 44.9 Å². The lowest BCUT2D eigenvalue weighted by Crippen LogP contribution is -2.39. The van der Waals surface area contributed by atoms with Gasteiger partial charge < -0.3 is 9.47 Å². The molecule has 1 atom stereocenters. The molecule has 0 fully saturated rings. The molecule has 1 aliphatic heterocycles. The smallest absolute Gasteiger partial charge is 0.338 e. The van der Waals surface area contributed by atoms with Crippen LogP contribution in [0.25, 0.3) is 6.08 Å². The van der Waals surface area contributed by atoms with Crippen molar-refractivity contribution in [2.24, 2.45) is 4.99 Å². The van der Waals surface area contributed by atoms with Gasteiger partial charge in [-0.25, -0.2) is 14.2 Å². The van der Waals surface area contributed by atoms with Crippen LogP contribution in [0.2, 0.25) is 0 Å². The molecule has 6 nitrogen and oxygen atoms in total. The molecule has 0 N–H and O–H groups in total. The largest absolute Gasteiger partial charge is 0.490 e. The Balaban J connectivity index is 1.95. The minimum atomic E-state index is -0.790. The van der Waals surface area contributed by atoms with Crippen LogP contribution in [0, 0.1) is 5.82 Å². The van der Waals surface area contributed by atoms with Gasteiger partial charge in [-0.15, -0.1) is 0 Å². The second-order valence-corrected chi connectivity index (χ2v) is 10.1. The molecule has 1 aromatic heterocycles. The number of halogens is 2. The molecular weight excluding hydrogens is 535 g/mol. The Labute approximate surface area is 214 Å². The molecule has 2 heterocycles. The summed E-state index contributed by atoms with van der Waals surface area (Å²) >= 11 is 4.70. The number of ether oxygens (including phenoxy) is 2. The zero-order chi connectivity index (χ0) is 25.3. The molecule has 3 aromatic rings. The highest BCUT2D eigenvalue weighted by Gasteiger charge is 2.33. The molecule has 4 rings (SSSR count). The summed E-state index contributed by atoms with van der Waals surface area (Å²) in [7, 11) is 0. The molecule has 182 valence electrons. The summed E-state index contributed by atoms with van der Waals surface area (Å²) < 4.78 is 27.6. The van der Waals surface area contributed by atoms with Crippen molar-refractivity contribution in [2.75, 3.05) is 6.61 Å². The minimum Gasteiger partial charge on any atom is -0.490 e. The molecule has 0 bridgehead atoms. The lowest BCUT2D eigenvalue weighted by molar-refractivity contribution is -0.139. The van der Waals surface area contributed by atoms with Crippen molar-refractivity contribution < 1.29 is 18.7 Å². The van der Waals surface area contributed by atoms with Gasteiger partial charge in [0.25, 0.3) is 5.56 Å². The molecular formula is C26H24BrFN2O4S. The second-order valence-electron chi connectivity index (χ2n) is 8.20. The van der Waals surface area contributed by atoms with E-state index in [0.717, 1.165) is 10.0 Å². The van der Waals surface area contributed by atoms with Gasteiger partial charge in [0, 0.05) is 10.0 Å². The third kappa shape index (κ3) is 5.16. The van der Waals surface area contributed by atoms with Crippen molar-refractivity contribution in [2.45, 2.75) is 39.8 Å². The number of benzene rings is 2. The van der Waals surface area contributed by atoms with E-state index in [1.807, 2.05) is 32.0 Å². The highest BCUT2D eigenvalue weighted by atomic mass is 79.9. The van der Waals surface area contributed by atoms with Gasteiger partial charge in [0.15, 0.2) is 4.80 Å². The number of esters is 1. The fourth-order valence-electron chi connectivity index (χ4n) is 3.89. The second kappa shape index (κ2) is 10.3. The summed E-state index contributed by atoms with van der Waals surface area (Å²) in [6.07, 6.45) is 1.72. The van der Waals surface area contributed by atoms with Crippen LogP contribution in [0.5, 0.6) is 5.75 Å². The topological polar surface area (TPSA) is 69.9 Å². The van der Waals surface area contributed by atoms with Gasteiger partial charge in [0.2, 0.25) is 0 Å². The molecule has 0 aliphatic carbocycles. The number of carbonyl (C=O) groups excluding carboxylic acids is 1. The van der Waals surface area contributed by atoms with Crippen molar-refractivity contribution in [1.29, 1.82) is 0 Å². The standard InChI is InChI=1S/C26H24BrFN2O4S/c1-5-33-25(32)22-15(4)29-26-30(23(22)16-6-9-19(28)10-7-16)24(31)21(35-26)13-17-12-18(27)8-11-20(17)34-14(2)3/h6-14,23H,5H2,1-4H3/b21-13+/t23-/m1/s1. The number of nitrogens with zero attached hydrogens (tertiary/aromatic N) is 2. The van der Waals surface area contributed by atoms with Gasteiger partial charge in [-0.1, -0.05) is 39.4 Å². The average Bonchev–Trinajstić information content (AvgIpc) is 3.09. The van der Waals surface area contributed by atoms with E-state index >= 15 is 0 Å². The predicted molar refractivity (Wildman–Crippen MR) is 137 cm³/mol. The lowest BCUT2D eigenvalue weighted by atomic mass is 9.96. The van der Waals surface area contributed by atoms with E-state index in [1.54, 1.807) is 32.1 Å². The Kier molecular flexibility index (Phi) is 7.37. The number of hydrogen-bond acceptors (Lipinski definition) is 6. The zero-order valence-corrected chi connectivity index (χ0v) is 22.1. The number of fused-ring (bicyclic) bond motifs is 1. The van der Waals surface area contributed by atoms with Crippen molar-refractivity contribution >= 4 is 39.3 Å². The quantitative estimate of drug-likeness (QED) is 0.418. The van der Waals surface area contributed by atoms with Crippen molar-refractivity contribution in [3.8, 4) is 5.75 Å². The highest BCUT2D eigenvalue weighted by Crippen LogP contribution is 2.31. The molecule has 0 spiro atoms. The Morgan fingerprint density at radius 3 is 2.63 bits per heavy atom. The molecule has 0 amide bonds. The van der Waals surface area contributed by atoms with Crippen LogP contribution in [0.15, 0.2) is 68.0 Å². The van der Waals surface area contributed by atoms with E-state index in [4.69, 9.17) is 9.47 Å². The number of carbonyl (C=O) groups is 1. The van der Waals surface area contributed by atoms with Crippen LogP contribution >= 0.6 is 27.3 Å². The Hall–Kier alpha value is -3.04. The van der Waals surface area contributed by atoms with Crippen LogP contribution in [0.3, 0.4) is 0 Å². The van der Waals surface area contributed by atoms with Gasteiger partial charge in [-0.3, -0.25) is 9.36 Å². The Morgan fingerprint density at radius 2 is 1.97 bits per heavy atom. The maximum atomic E-state index is 13.7. The summed E-state index contributed by atoms with van der Waals surface area (Å²) in [5.41, 5.74) is 1.72. The van der Waals surface area contributed by atoms with Crippen LogP contribution < -0.4 is 19.6 Å². The molecule has 9 heteroatoms. The first kappa shape index (κ1) is 25.1. The summed E-state index contributed by atoms with van der Waals surface area (Å²) in [5, 5.41) is 0. The third-order valence-corrected chi connectivity index (χ3v) is 6.80. The normalized spacial score (nSPS) is 15.7. The van der Waals surface area contributed by atoms with Gasteiger partial charge in [-0.05, 0) is 69.7 Å². The molecule has 0 saturated carbocycles. The van der Waals surface area contributed by atoms with E-state index < -0.39 is 17.8 Å². The molecule has 35 heavy (non-hydrogen) atoms. The van der Waals surface area contributed by atoms with Crippen LogP contribution in [-0.4, -0.2) is 23.2 Å². The van der Waals surface area contributed by atoms with E-state index in [1.165, 1.54) is 28.0 Å². The van der Waals surface area contributed by atoms with Gasteiger partial charge >= 0.3 is 5.97 Å². The molecule has 0 saturated heterocycles. The van der Waals surface area contributed by atoms with E-state index in [0.29, 0.717) is 26.3 Å². The van der Waals surface area contributed by atoms with Crippen molar-refractivity contribution in [3.05, 3.63) is 94.8 Å². The monoisotopic (exact) mass is 558 g/mol.